The van der Waals surface area contributed by atoms with Crippen LogP contribution in [0.3, 0.4) is 0 Å². The molecule has 3 aromatic rings. The fourth-order valence-corrected chi connectivity index (χ4v) is 4.91. The Bertz CT molecular complexity index is 1170. The van der Waals surface area contributed by atoms with E-state index in [-0.39, 0.29) is 13.1 Å². The van der Waals surface area contributed by atoms with E-state index in [1.807, 2.05) is 30.9 Å². The lowest BCUT2D eigenvalue weighted by molar-refractivity contribution is 0.380. The number of aromatic nitrogens is 4. The minimum atomic E-state index is -4.04. The summed E-state index contributed by atoms with van der Waals surface area (Å²) in [6.45, 7) is 4.88. The molecule has 8 nitrogen and oxygen atoms in total. The molecule has 1 aromatic carbocycles. The minimum Gasteiger partial charge on any atom is -0.352 e. The lowest BCUT2D eigenvalue weighted by Gasteiger charge is -2.34. The highest BCUT2D eigenvalue weighted by Gasteiger charge is 2.31. The van der Waals surface area contributed by atoms with Gasteiger partial charge < -0.3 is 4.90 Å². The van der Waals surface area contributed by atoms with E-state index < -0.39 is 26.6 Å². The molecule has 0 spiro atoms. The lowest BCUT2D eigenvalue weighted by Crippen LogP contribution is -2.49. The largest absolute Gasteiger partial charge is 0.352 e. The molecule has 0 amide bonds. The highest BCUT2D eigenvalue weighted by Crippen LogP contribution is 2.23. The zero-order valence-electron chi connectivity index (χ0n) is 16.5. The molecule has 1 fully saturated rings. The van der Waals surface area contributed by atoms with Gasteiger partial charge in [0.15, 0.2) is 11.6 Å². The second-order valence-corrected chi connectivity index (χ2v) is 8.96. The molecule has 0 atom stereocenters. The Hall–Kier alpha value is -2.92. The maximum atomic E-state index is 14.0. The Balaban J connectivity index is 1.46. The number of anilines is 1. The van der Waals surface area contributed by atoms with Crippen LogP contribution in [0.5, 0.6) is 0 Å². The zero-order chi connectivity index (χ0) is 21.5. The molecular formula is C19H20F2N6O2S. The highest BCUT2D eigenvalue weighted by molar-refractivity contribution is 7.89. The summed E-state index contributed by atoms with van der Waals surface area (Å²) in [5, 5.41) is 12.8. The van der Waals surface area contributed by atoms with E-state index >= 15 is 0 Å². The average molecular weight is 434 g/mol. The molecule has 0 aliphatic carbocycles. The number of halogens is 2. The van der Waals surface area contributed by atoms with E-state index in [1.54, 1.807) is 10.7 Å². The molecule has 0 radical (unpaired) electrons. The predicted octanol–water partition coefficient (Wildman–Crippen LogP) is 2.07. The third-order valence-corrected chi connectivity index (χ3v) is 6.87. The zero-order valence-corrected chi connectivity index (χ0v) is 17.3. The lowest BCUT2D eigenvalue weighted by atomic mass is 10.3. The first kappa shape index (κ1) is 20.4. The molecule has 1 aliphatic heterocycles. The van der Waals surface area contributed by atoms with Crippen LogP contribution in [0.1, 0.15) is 11.4 Å². The van der Waals surface area contributed by atoms with Crippen molar-refractivity contribution in [2.24, 2.45) is 0 Å². The first-order valence-corrected chi connectivity index (χ1v) is 10.8. The van der Waals surface area contributed by atoms with Gasteiger partial charge in [0.25, 0.3) is 0 Å². The van der Waals surface area contributed by atoms with Crippen LogP contribution in [0.15, 0.2) is 41.3 Å². The summed E-state index contributed by atoms with van der Waals surface area (Å²) in [6.07, 6.45) is 0. The van der Waals surface area contributed by atoms with E-state index in [4.69, 9.17) is 0 Å². The van der Waals surface area contributed by atoms with Gasteiger partial charge in [-0.3, -0.25) is 0 Å². The topological polar surface area (TPSA) is 84.2 Å². The Kier molecular flexibility index (Phi) is 5.24. The van der Waals surface area contributed by atoms with Gasteiger partial charge in [-0.2, -0.15) is 9.40 Å². The second-order valence-electron chi connectivity index (χ2n) is 7.05. The quantitative estimate of drug-likeness (QED) is 0.625. The molecule has 0 unspecified atom stereocenters. The van der Waals surface area contributed by atoms with Crippen molar-refractivity contribution < 1.29 is 17.2 Å². The maximum Gasteiger partial charge on any atom is 0.246 e. The molecule has 158 valence electrons. The number of hydrogen-bond donors (Lipinski definition) is 0. The molecule has 11 heteroatoms. The van der Waals surface area contributed by atoms with Crippen molar-refractivity contribution in [3.63, 3.8) is 0 Å². The standard InChI is InChI=1S/C19H20F2N6O2S/c1-13-11-14(2)27(24-13)19-6-5-18(22-23-19)25-7-9-26(10-8-25)30(28,29)17-4-3-15(20)12-16(17)21/h3-6,11-12H,7-10H2,1-2H3. The average Bonchev–Trinajstić information content (AvgIpc) is 3.06. The first-order valence-electron chi connectivity index (χ1n) is 9.33. The molecule has 30 heavy (non-hydrogen) atoms. The van der Waals surface area contributed by atoms with E-state index in [0.29, 0.717) is 30.8 Å². The first-order chi connectivity index (χ1) is 14.3. The van der Waals surface area contributed by atoms with E-state index in [2.05, 4.69) is 15.3 Å². The molecule has 1 saturated heterocycles. The summed E-state index contributed by atoms with van der Waals surface area (Å²) in [4.78, 5) is 1.39. The van der Waals surface area contributed by atoms with Gasteiger partial charge in [-0.05, 0) is 44.2 Å². The van der Waals surface area contributed by atoms with Crippen molar-refractivity contribution in [2.45, 2.75) is 18.7 Å². The number of hydrogen-bond acceptors (Lipinski definition) is 6. The molecule has 4 rings (SSSR count). The minimum absolute atomic E-state index is 0.153. The van der Waals surface area contributed by atoms with Crippen LogP contribution in [-0.4, -0.2) is 58.9 Å². The predicted molar refractivity (Wildman–Crippen MR) is 106 cm³/mol. The number of benzene rings is 1. The highest BCUT2D eigenvalue weighted by atomic mass is 32.2. The van der Waals surface area contributed by atoms with Crippen molar-refractivity contribution in [1.29, 1.82) is 0 Å². The van der Waals surface area contributed by atoms with Gasteiger partial charge in [0.05, 0.1) is 5.69 Å². The molecule has 0 bridgehead atoms. The van der Waals surface area contributed by atoms with Crippen molar-refractivity contribution >= 4 is 15.8 Å². The van der Waals surface area contributed by atoms with Crippen LogP contribution in [0, 0.1) is 25.5 Å². The number of piperazine rings is 1. The summed E-state index contributed by atoms with van der Waals surface area (Å²) >= 11 is 0. The summed E-state index contributed by atoms with van der Waals surface area (Å²) < 4.78 is 55.4. The maximum absolute atomic E-state index is 14.0. The monoisotopic (exact) mass is 434 g/mol. The van der Waals surface area contributed by atoms with E-state index in [9.17, 15) is 17.2 Å². The van der Waals surface area contributed by atoms with Crippen LogP contribution < -0.4 is 4.90 Å². The second kappa shape index (κ2) is 7.73. The third-order valence-electron chi connectivity index (χ3n) is 4.94. The van der Waals surface area contributed by atoms with E-state index in [0.717, 1.165) is 23.5 Å². The molecule has 3 heterocycles. The number of rotatable bonds is 4. The van der Waals surface area contributed by atoms with Crippen LogP contribution in [0.25, 0.3) is 5.82 Å². The van der Waals surface area contributed by atoms with Crippen LogP contribution in [0.2, 0.25) is 0 Å². The Labute approximate surface area is 172 Å². The van der Waals surface area contributed by atoms with E-state index in [1.165, 1.54) is 4.31 Å². The SMILES string of the molecule is Cc1cc(C)n(-c2ccc(N3CCN(S(=O)(=O)c4ccc(F)cc4F)CC3)nn2)n1. The van der Waals surface area contributed by atoms with Gasteiger partial charge in [0, 0.05) is 37.9 Å². The number of nitrogens with zero attached hydrogens (tertiary/aromatic N) is 6. The van der Waals surface area contributed by atoms with Crippen molar-refractivity contribution in [1.82, 2.24) is 24.3 Å². The normalized spacial score (nSPS) is 15.5. The van der Waals surface area contributed by atoms with Gasteiger partial charge in [0.1, 0.15) is 16.5 Å². The summed E-state index contributed by atoms with van der Waals surface area (Å²) in [6, 6.07) is 8.02. The summed E-state index contributed by atoms with van der Waals surface area (Å²) in [5.41, 5.74) is 1.83. The van der Waals surface area contributed by atoms with Crippen molar-refractivity contribution in [3.05, 3.63) is 59.4 Å². The fraction of sp³-hybridized carbons (Fsp3) is 0.316. The fourth-order valence-electron chi connectivity index (χ4n) is 3.44. The number of sulfonamides is 1. The van der Waals surface area contributed by atoms with Gasteiger partial charge in [-0.15, -0.1) is 10.2 Å². The molecule has 2 aromatic heterocycles. The van der Waals surface area contributed by atoms with Crippen molar-refractivity contribution in [3.8, 4) is 5.82 Å². The third kappa shape index (κ3) is 3.77. The Morgan fingerprint density at radius 1 is 0.900 bits per heavy atom. The molecular weight excluding hydrogens is 414 g/mol. The summed E-state index contributed by atoms with van der Waals surface area (Å²) in [7, 11) is -4.04. The van der Waals surface area contributed by atoms with Gasteiger partial charge >= 0.3 is 0 Å². The van der Waals surface area contributed by atoms with Crippen LogP contribution in [0.4, 0.5) is 14.6 Å². The molecule has 1 aliphatic rings. The van der Waals surface area contributed by atoms with Crippen LogP contribution in [-0.2, 0) is 10.0 Å². The van der Waals surface area contributed by atoms with Gasteiger partial charge in [-0.25, -0.2) is 21.9 Å². The summed E-state index contributed by atoms with van der Waals surface area (Å²) in [5.74, 6) is -0.704. The van der Waals surface area contributed by atoms with Crippen molar-refractivity contribution in [2.75, 3.05) is 31.1 Å². The van der Waals surface area contributed by atoms with Gasteiger partial charge in [-0.1, -0.05) is 0 Å². The molecule has 0 N–H and O–H groups in total. The smallest absolute Gasteiger partial charge is 0.246 e. The Morgan fingerprint density at radius 2 is 1.57 bits per heavy atom. The van der Waals surface area contributed by atoms with Gasteiger partial charge in [0.2, 0.25) is 10.0 Å². The molecule has 0 saturated carbocycles. The van der Waals surface area contributed by atoms with Crippen LogP contribution >= 0.6 is 0 Å². The Morgan fingerprint density at radius 3 is 2.13 bits per heavy atom. The number of aryl methyl sites for hydroxylation is 2.